The SMILES string of the molecule is Cc1c(CO)nnn1-c1cccc(C(F)(F)F)c1. The number of aliphatic hydroxyl groups is 1. The minimum Gasteiger partial charge on any atom is -0.390 e. The molecule has 0 saturated heterocycles. The van der Waals surface area contributed by atoms with Gasteiger partial charge in [0, 0.05) is 0 Å². The van der Waals surface area contributed by atoms with Crippen molar-refractivity contribution in [2.24, 2.45) is 0 Å². The number of alkyl halides is 3. The third-order valence-corrected chi connectivity index (χ3v) is 2.56. The molecule has 96 valence electrons. The molecular weight excluding hydrogens is 247 g/mol. The van der Waals surface area contributed by atoms with E-state index in [-0.39, 0.29) is 12.3 Å². The van der Waals surface area contributed by atoms with Gasteiger partial charge in [-0.05, 0) is 25.1 Å². The Hall–Kier alpha value is -1.89. The van der Waals surface area contributed by atoms with E-state index in [0.29, 0.717) is 11.4 Å². The Labute approximate surface area is 101 Å². The molecule has 0 aliphatic carbocycles. The number of hydrogen-bond donors (Lipinski definition) is 1. The summed E-state index contributed by atoms with van der Waals surface area (Å²) >= 11 is 0. The van der Waals surface area contributed by atoms with Gasteiger partial charge < -0.3 is 5.11 Å². The van der Waals surface area contributed by atoms with Crippen molar-refractivity contribution >= 4 is 0 Å². The molecule has 2 aromatic rings. The van der Waals surface area contributed by atoms with Gasteiger partial charge in [-0.3, -0.25) is 0 Å². The van der Waals surface area contributed by atoms with Gasteiger partial charge >= 0.3 is 6.18 Å². The van der Waals surface area contributed by atoms with Gasteiger partial charge in [0.15, 0.2) is 0 Å². The smallest absolute Gasteiger partial charge is 0.390 e. The van der Waals surface area contributed by atoms with Crippen molar-refractivity contribution < 1.29 is 18.3 Å². The minimum absolute atomic E-state index is 0.259. The van der Waals surface area contributed by atoms with Crippen molar-refractivity contribution in [3.63, 3.8) is 0 Å². The third-order valence-electron chi connectivity index (χ3n) is 2.56. The molecule has 0 aliphatic rings. The lowest BCUT2D eigenvalue weighted by molar-refractivity contribution is -0.137. The summed E-state index contributed by atoms with van der Waals surface area (Å²) in [6.07, 6.45) is -4.40. The van der Waals surface area contributed by atoms with Crippen LogP contribution in [0.25, 0.3) is 5.69 Å². The summed E-state index contributed by atoms with van der Waals surface area (Å²) in [6.45, 7) is 1.33. The molecule has 0 unspecified atom stereocenters. The molecular formula is C11H10F3N3O. The number of aromatic nitrogens is 3. The van der Waals surface area contributed by atoms with Crippen LogP contribution in [-0.4, -0.2) is 20.1 Å². The van der Waals surface area contributed by atoms with Gasteiger partial charge in [0.25, 0.3) is 0 Å². The highest BCUT2D eigenvalue weighted by molar-refractivity contribution is 5.37. The number of hydrogen-bond acceptors (Lipinski definition) is 3. The minimum atomic E-state index is -4.40. The second-order valence-electron chi connectivity index (χ2n) is 3.74. The monoisotopic (exact) mass is 257 g/mol. The molecule has 0 bridgehead atoms. The number of halogens is 3. The van der Waals surface area contributed by atoms with Crippen LogP contribution in [-0.2, 0) is 12.8 Å². The summed E-state index contributed by atoms with van der Waals surface area (Å²) in [5.41, 5.74) is 0.360. The molecule has 0 radical (unpaired) electrons. The summed E-state index contributed by atoms with van der Waals surface area (Å²) in [5.74, 6) is 0. The Morgan fingerprint density at radius 3 is 2.61 bits per heavy atom. The lowest BCUT2D eigenvalue weighted by Crippen LogP contribution is -2.07. The molecule has 0 spiro atoms. The molecule has 1 aromatic heterocycles. The van der Waals surface area contributed by atoms with Crippen LogP contribution in [0.15, 0.2) is 24.3 Å². The fourth-order valence-electron chi connectivity index (χ4n) is 1.57. The molecule has 1 aromatic carbocycles. The van der Waals surface area contributed by atoms with E-state index in [1.54, 1.807) is 6.92 Å². The van der Waals surface area contributed by atoms with E-state index in [4.69, 9.17) is 5.11 Å². The Kier molecular flexibility index (Phi) is 3.08. The van der Waals surface area contributed by atoms with Gasteiger partial charge in [-0.2, -0.15) is 13.2 Å². The van der Waals surface area contributed by atoms with Crippen molar-refractivity contribution in [3.8, 4) is 5.69 Å². The van der Waals surface area contributed by atoms with Crippen molar-refractivity contribution in [2.75, 3.05) is 0 Å². The van der Waals surface area contributed by atoms with E-state index >= 15 is 0 Å². The number of benzene rings is 1. The Bertz CT molecular complexity index is 563. The first kappa shape index (κ1) is 12.6. The van der Waals surface area contributed by atoms with E-state index in [2.05, 4.69) is 10.3 Å². The Morgan fingerprint density at radius 1 is 1.33 bits per heavy atom. The first-order valence-corrected chi connectivity index (χ1v) is 5.13. The number of rotatable bonds is 2. The second-order valence-corrected chi connectivity index (χ2v) is 3.74. The average molecular weight is 257 g/mol. The fraction of sp³-hybridized carbons (Fsp3) is 0.273. The van der Waals surface area contributed by atoms with E-state index in [0.717, 1.165) is 12.1 Å². The zero-order valence-electron chi connectivity index (χ0n) is 9.44. The Morgan fingerprint density at radius 2 is 2.06 bits per heavy atom. The molecule has 0 aliphatic heterocycles. The van der Waals surface area contributed by atoms with Crippen molar-refractivity contribution in [3.05, 3.63) is 41.2 Å². The fourth-order valence-corrected chi connectivity index (χ4v) is 1.57. The number of nitrogens with zero attached hydrogens (tertiary/aromatic N) is 3. The molecule has 1 N–H and O–H groups in total. The standard InChI is InChI=1S/C11H10F3N3O/c1-7-10(6-18)15-16-17(7)9-4-2-3-8(5-9)11(12,13)14/h2-5,18H,6H2,1H3. The highest BCUT2D eigenvalue weighted by Gasteiger charge is 2.30. The van der Waals surface area contributed by atoms with Gasteiger partial charge in [0.1, 0.15) is 5.69 Å². The van der Waals surface area contributed by atoms with E-state index in [9.17, 15) is 13.2 Å². The highest BCUT2D eigenvalue weighted by atomic mass is 19.4. The molecule has 7 heteroatoms. The molecule has 4 nitrogen and oxygen atoms in total. The Balaban J connectivity index is 2.48. The summed E-state index contributed by atoms with van der Waals surface area (Å²) in [6, 6.07) is 4.78. The lowest BCUT2D eigenvalue weighted by atomic mass is 10.2. The van der Waals surface area contributed by atoms with Crippen molar-refractivity contribution in [1.29, 1.82) is 0 Å². The molecule has 18 heavy (non-hydrogen) atoms. The van der Waals surface area contributed by atoms with Crippen molar-refractivity contribution in [1.82, 2.24) is 15.0 Å². The predicted molar refractivity (Wildman–Crippen MR) is 57.0 cm³/mol. The largest absolute Gasteiger partial charge is 0.416 e. The average Bonchev–Trinajstić information content (AvgIpc) is 2.69. The van der Waals surface area contributed by atoms with Crippen LogP contribution < -0.4 is 0 Å². The van der Waals surface area contributed by atoms with Crippen molar-refractivity contribution in [2.45, 2.75) is 19.7 Å². The van der Waals surface area contributed by atoms with Crippen LogP contribution in [0.2, 0.25) is 0 Å². The third kappa shape index (κ3) is 2.21. The molecule has 1 heterocycles. The number of aliphatic hydroxyl groups excluding tert-OH is 1. The summed E-state index contributed by atoms with van der Waals surface area (Å²) < 4.78 is 39.0. The van der Waals surface area contributed by atoms with E-state index in [1.165, 1.54) is 16.8 Å². The summed E-state index contributed by atoms with van der Waals surface area (Å²) in [7, 11) is 0. The van der Waals surface area contributed by atoms with E-state index in [1.807, 2.05) is 0 Å². The first-order valence-electron chi connectivity index (χ1n) is 5.13. The normalized spacial score (nSPS) is 11.8. The zero-order valence-corrected chi connectivity index (χ0v) is 9.44. The lowest BCUT2D eigenvalue weighted by Gasteiger charge is -2.09. The summed E-state index contributed by atoms with van der Waals surface area (Å²) in [5, 5.41) is 16.4. The van der Waals surface area contributed by atoms with Crippen LogP contribution in [0.5, 0.6) is 0 Å². The van der Waals surface area contributed by atoms with Crippen LogP contribution >= 0.6 is 0 Å². The van der Waals surface area contributed by atoms with Gasteiger partial charge in [-0.1, -0.05) is 11.3 Å². The second kappa shape index (κ2) is 4.41. The van der Waals surface area contributed by atoms with Gasteiger partial charge in [0.2, 0.25) is 0 Å². The summed E-state index contributed by atoms with van der Waals surface area (Å²) in [4.78, 5) is 0. The van der Waals surface area contributed by atoms with Gasteiger partial charge in [-0.25, -0.2) is 4.68 Å². The van der Waals surface area contributed by atoms with Crippen LogP contribution in [0, 0.1) is 6.92 Å². The molecule has 0 amide bonds. The van der Waals surface area contributed by atoms with Crippen LogP contribution in [0.1, 0.15) is 17.0 Å². The molecule has 0 atom stereocenters. The maximum atomic E-state index is 12.6. The van der Waals surface area contributed by atoms with Gasteiger partial charge in [-0.15, -0.1) is 5.10 Å². The molecule has 0 fully saturated rings. The highest BCUT2D eigenvalue weighted by Crippen LogP contribution is 2.30. The van der Waals surface area contributed by atoms with Gasteiger partial charge in [0.05, 0.1) is 23.6 Å². The van der Waals surface area contributed by atoms with Crippen LogP contribution in [0.3, 0.4) is 0 Å². The molecule has 0 saturated carbocycles. The zero-order chi connectivity index (χ0) is 13.3. The molecule has 2 rings (SSSR count). The maximum absolute atomic E-state index is 12.6. The topological polar surface area (TPSA) is 50.9 Å². The van der Waals surface area contributed by atoms with Crippen LogP contribution in [0.4, 0.5) is 13.2 Å². The first-order chi connectivity index (χ1) is 8.43. The van der Waals surface area contributed by atoms with E-state index < -0.39 is 11.7 Å². The maximum Gasteiger partial charge on any atom is 0.416 e. The predicted octanol–water partition coefficient (Wildman–Crippen LogP) is 2.09. The quantitative estimate of drug-likeness (QED) is 0.896.